The summed E-state index contributed by atoms with van der Waals surface area (Å²) in [5.74, 6) is -0.472. The highest BCUT2D eigenvalue weighted by Gasteiger charge is 2.32. The van der Waals surface area contributed by atoms with Crippen LogP contribution in [-0.2, 0) is 4.79 Å². The van der Waals surface area contributed by atoms with E-state index in [1.807, 2.05) is 22.6 Å². The molecule has 0 aromatic carbocycles. The van der Waals surface area contributed by atoms with Crippen molar-refractivity contribution in [2.75, 3.05) is 0 Å². The maximum absolute atomic E-state index is 10.3. The zero-order chi connectivity index (χ0) is 6.85. The van der Waals surface area contributed by atoms with Crippen molar-refractivity contribution in [2.24, 2.45) is 0 Å². The van der Waals surface area contributed by atoms with Gasteiger partial charge in [-0.15, -0.1) is 0 Å². The van der Waals surface area contributed by atoms with Gasteiger partial charge in [0.25, 0.3) is 0 Å². The Morgan fingerprint density at radius 2 is 2.22 bits per heavy atom. The number of hydrogen-bond donors (Lipinski definition) is 1. The highest BCUT2D eigenvalue weighted by molar-refractivity contribution is 14.1. The van der Waals surface area contributed by atoms with Crippen molar-refractivity contribution in [3.05, 3.63) is 29.1 Å². The van der Waals surface area contributed by atoms with Gasteiger partial charge in [-0.1, -0.05) is 22.6 Å². The summed E-state index contributed by atoms with van der Waals surface area (Å²) < 4.78 is 0.792. The van der Waals surface area contributed by atoms with E-state index in [0.717, 1.165) is 3.92 Å². The standard InChI is InChI=1S/C6H4IO2/c7-5-3-1-2-4(5)6(8)9/h1-3H,(H,8,9). The summed E-state index contributed by atoms with van der Waals surface area (Å²) in [6, 6.07) is 0. The average molecular weight is 235 g/mol. The second-order valence-corrected chi connectivity index (χ2v) is 2.75. The Morgan fingerprint density at radius 1 is 1.56 bits per heavy atom. The van der Waals surface area contributed by atoms with Crippen molar-refractivity contribution in [1.29, 1.82) is 0 Å². The van der Waals surface area contributed by atoms with E-state index < -0.39 is 5.97 Å². The first-order valence-corrected chi connectivity index (χ1v) is 3.44. The number of carbonyl (C=O) groups is 1. The maximum atomic E-state index is 10.3. The van der Waals surface area contributed by atoms with Crippen LogP contribution in [0.15, 0.2) is 0 Å². The molecule has 0 heterocycles. The van der Waals surface area contributed by atoms with Gasteiger partial charge in [0.2, 0.25) is 0 Å². The smallest absolute Gasteiger partial charge is 0.312 e. The molecular weight excluding hydrogens is 231 g/mol. The molecule has 2 nitrogen and oxygen atoms in total. The molecule has 0 aromatic heterocycles. The minimum absolute atomic E-state index is 0.385. The van der Waals surface area contributed by atoms with Gasteiger partial charge in [-0.2, -0.15) is 0 Å². The summed E-state index contributed by atoms with van der Waals surface area (Å²) in [6.07, 6.45) is 5.08. The van der Waals surface area contributed by atoms with Crippen LogP contribution in [0.1, 0.15) is 0 Å². The molecule has 1 fully saturated rings. The van der Waals surface area contributed by atoms with E-state index in [-0.39, 0.29) is 0 Å². The van der Waals surface area contributed by atoms with Crippen LogP contribution in [0.4, 0.5) is 0 Å². The van der Waals surface area contributed by atoms with Gasteiger partial charge in [-0.05, 0) is 19.3 Å². The van der Waals surface area contributed by atoms with Gasteiger partial charge in [-0.25, -0.2) is 0 Å². The Balaban J connectivity index is 2.49. The van der Waals surface area contributed by atoms with E-state index >= 15 is 0 Å². The summed E-state index contributed by atoms with van der Waals surface area (Å²) in [7, 11) is 0. The number of halogens is 1. The Morgan fingerprint density at radius 3 is 2.44 bits per heavy atom. The molecule has 0 bridgehead atoms. The zero-order valence-electron chi connectivity index (χ0n) is 4.47. The minimum Gasteiger partial charge on any atom is -0.481 e. The predicted octanol–water partition coefficient (Wildman–Crippen LogP) is 1.24. The van der Waals surface area contributed by atoms with E-state index in [1.165, 1.54) is 0 Å². The second-order valence-electron chi connectivity index (χ2n) is 1.59. The van der Waals surface area contributed by atoms with E-state index in [9.17, 15) is 4.79 Å². The molecule has 1 N–H and O–H groups in total. The topological polar surface area (TPSA) is 37.3 Å². The molecular formula is C6H4IO2. The Hall–Kier alpha value is 0.200. The molecule has 0 amide bonds. The van der Waals surface area contributed by atoms with Gasteiger partial charge >= 0.3 is 5.97 Å². The van der Waals surface area contributed by atoms with E-state index in [1.54, 1.807) is 19.3 Å². The van der Waals surface area contributed by atoms with Gasteiger partial charge in [0.05, 0.1) is 3.92 Å². The molecule has 1 rings (SSSR count). The van der Waals surface area contributed by atoms with Crippen molar-refractivity contribution in [1.82, 2.24) is 0 Å². The van der Waals surface area contributed by atoms with Crippen LogP contribution in [0.2, 0.25) is 0 Å². The van der Waals surface area contributed by atoms with Gasteiger partial charge < -0.3 is 5.11 Å². The Labute approximate surface area is 67.8 Å². The Kier molecular flexibility index (Phi) is 2.32. The van der Waals surface area contributed by atoms with Crippen molar-refractivity contribution < 1.29 is 9.90 Å². The van der Waals surface area contributed by atoms with Crippen molar-refractivity contribution in [2.45, 2.75) is 0 Å². The molecule has 1 aliphatic rings. The van der Waals surface area contributed by atoms with Crippen LogP contribution in [0.25, 0.3) is 0 Å². The van der Waals surface area contributed by atoms with Gasteiger partial charge in [0, 0.05) is 0 Å². The van der Waals surface area contributed by atoms with Crippen molar-refractivity contribution in [3.8, 4) is 0 Å². The third-order valence-electron chi connectivity index (χ3n) is 0.993. The van der Waals surface area contributed by atoms with Gasteiger partial charge in [0.1, 0.15) is 5.92 Å². The summed E-state index contributed by atoms with van der Waals surface area (Å²) in [4.78, 5) is 10.3. The molecule has 9 heavy (non-hydrogen) atoms. The quantitative estimate of drug-likeness (QED) is 0.694. The van der Waals surface area contributed by atoms with Crippen LogP contribution in [-0.4, -0.2) is 11.1 Å². The second kappa shape index (κ2) is 2.86. The van der Waals surface area contributed by atoms with Crippen LogP contribution < -0.4 is 0 Å². The normalized spacial score (nSPS) is 22.8. The zero-order valence-corrected chi connectivity index (χ0v) is 6.62. The fraction of sp³-hybridized carbons (Fsp3) is 0. The first kappa shape index (κ1) is 7.31. The monoisotopic (exact) mass is 235 g/mol. The molecule has 0 spiro atoms. The molecule has 3 heteroatoms. The van der Waals surface area contributed by atoms with E-state index in [2.05, 4.69) is 0 Å². The van der Waals surface area contributed by atoms with Crippen molar-refractivity contribution in [3.63, 3.8) is 0 Å². The van der Waals surface area contributed by atoms with Crippen LogP contribution in [0.5, 0.6) is 0 Å². The Bertz CT molecular complexity index is 124. The molecule has 0 atom stereocenters. The lowest BCUT2D eigenvalue weighted by atomic mass is 10.1. The lowest BCUT2D eigenvalue weighted by Gasteiger charge is -2.03. The third-order valence-corrected chi connectivity index (χ3v) is 1.93. The highest BCUT2D eigenvalue weighted by atomic mass is 127. The van der Waals surface area contributed by atoms with Crippen LogP contribution >= 0.6 is 22.6 Å². The van der Waals surface area contributed by atoms with Crippen LogP contribution in [0, 0.1) is 29.1 Å². The first-order valence-electron chi connectivity index (χ1n) is 2.36. The number of rotatable bonds is 1. The SMILES string of the molecule is O=C(O)[C]1[CH][CH][CH][C]1I. The lowest BCUT2D eigenvalue weighted by molar-refractivity contribution is -0.134. The average Bonchev–Trinajstić information content (AvgIpc) is 2.13. The van der Waals surface area contributed by atoms with E-state index in [4.69, 9.17) is 5.11 Å². The maximum Gasteiger partial charge on any atom is 0.312 e. The number of carboxylic acids is 1. The summed E-state index contributed by atoms with van der Waals surface area (Å²) in [5.41, 5.74) is 0. The van der Waals surface area contributed by atoms with E-state index in [0.29, 0.717) is 5.92 Å². The fourth-order valence-corrected chi connectivity index (χ4v) is 1.19. The summed E-state index contributed by atoms with van der Waals surface area (Å²) >= 11 is 1.99. The van der Waals surface area contributed by atoms with Crippen molar-refractivity contribution >= 4 is 28.6 Å². The highest BCUT2D eigenvalue weighted by Crippen LogP contribution is 2.37. The number of carboxylic acid groups (broad SMARTS) is 1. The minimum atomic E-state index is -0.857. The predicted molar refractivity (Wildman–Crippen MR) is 41.0 cm³/mol. The lowest BCUT2D eigenvalue weighted by Crippen LogP contribution is -2.10. The molecule has 1 saturated carbocycles. The fourth-order valence-electron chi connectivity index (χ4n) is 0.572. The van der Waals surface area contributed by atoms with Gasteiger partial charge in [0.15, 0.2) is 0 Å². The molecule has 0 unspecified atom stereocenters. The molecule has 0 aromatic rings. The number of aliphatic carboxylic acids is 1. The third kappa shape index (κ3) is 1.56. The molecule has 5 radical (unpaired) electrons. The largest absolute Gasteiger partial charge is 0.481 e. The number of hydrogen-bond acceptors (Lipinski definition) is 1. The molecule has 0 aliphatic heterocycles. The summed E-state index contributed by atoms with van der Waals surface area (Å²) in [6.45, 7) is 0. The molecule has 47 valence electrons. The summed E-state index contributed by atoms with van der Waals surface area (Å²) in [5, 5.41) is 8.45. The first-order chi connectivity index (χ1) is 4.22. The van der Waals surface area contributed by atoms with Gasteiger partial charge in [-0.3, -0.25) is 4.79 Å². The van der Waals surface area contributed by atoms with Crippen LogP contribution in [0.3, 0.4) is 0 Å². The molecule has 0 saturated heterocycles. The molecule has 1 aliphatic carbocycles.